The number of nitrogens with zero attached hydrogens (tertiary/aromatic N) is 1. The third-order valence-corrected chi connectivity index (χ3v) is 2.71. The molecule has 2 aliphatic rings. The predicted molar refractivity (Wildman–Crippen MR) is 44.8 cm³/mol. The van der Waals surface area contributed by atoms with Crippen molar-refractivity contribution in [2.24, 2.45) is 0 Å². The Morgan fingerprint density at radius 2 is 2.17 bits per heavy atom. The molecular weight excluding hydrogens is 154 g/mol. The van der Waals surface area contributed by atoms with E-state index in [4.69, 9.17) is 4.74 Å². The second-order valence-electron chi connectivity index (χ2n) is 4.09. The summed E-state index contributed by atoms with van der Waals surface area (Å²) in [6.45, 7) is 5.21. The molecule has 1 amide bonds. The van der Waals surface area contributed by atoms with E-state index in [1.807, 2.05) is 4.90 Å². The number of morpholine rings is 1. The van der Waals surface area contributed by atoms with Crippen LogP contribution < -0.4 is 0 Å². The van der Waals surface area contributed by atoms with Gasteiger partial charge in [-0.1, -0.05) is 0 Å². The Hall–Kier alpha value is -0.570. The number of carbonyl (C=O) groups is 1. The van der Waals surface area contributed by atoms with E-state index in [9.17, 15) is 4.79 Å². The first-order valence-corrected chi connectivity index (χ1v) is 4.56. The molecule has 3 nitrogen and oxygen atoms in total. The zero-order valence-electron chi connectivity index (χ0n) is 7.67. The molecule has 1 heterocycles. The quantitative estimate of drug-likeness (QED) is 0.580. The maximum atomic E-state index is 11.4. The topological polar surface area (TPSA) is 29.5 Å². The van der Waals surface area contributed by atoms with Crippen molar-refractivity contribution >= 4 is 5.91 Å². The molecule has 1 saturated heterocycles. The lowest BCUT2D eigenvalue weighted by Gasteiger charge is -2.35. The normalized spacial score (nSPS) is 26.9. The fourth-order valence-corrected chi connectivity index (χ4v) is 1.65. The van der Waals surface area contributed by atoms with Crippen molar-refractivity contribution in [3.63, 3.8) is 0 Å². The molecule has 1 spiro atoms. The lowest BCUT2D eigenvalue weighted by atomic mass is 10.2. The van der Waals surface area contributed by atoms with E-state index in [1.54, 1.807) is 0 Å². The molecular formula is C9H15NO2. The molecule has 0 bridgehead atoms. The molecule has 1 saturated carbocycles. The van der Waals surface area contributed by atoms with Gasteiger partial charge in [0.15, 0.2) is 0 Å². The lowest BCUT2D eigenvalue weighted by molar-refractivity contribution is -0.154. The molecule has 3 heteroatoms. The zero-order chi connectivity index (χ0) is 8.77. The standard InChI is InChI=1S/C9H15NO2/c1-7(2)10-6-9(3-4-9)12-5-8(10)11/h7H,3-6H2,1-2H3. The minimum atomic E-state index is 0.0676. The Morgan fingerprint density at radius 1 is 1.50 bits per heavy atom. The van der Waals surface area contributed by atoms with E-state index in [-0.39, 0.29) is 18.1 Å². The molecule has 0 radical (unpaired) electrons. The van der Waals surface area contributed by atoms with E-state index >= 15 is 0 Å². The Kier molecular flexibility index (Phi) is 1.65. The summed E-state index contributed by atoms with van der Waals surface area (Å²) >= 11 is 0. The summed E-state index contributed by atoms with van der Waals surface area (Å²) in [4.78, 5) is 13.3. The second kappa shape index (κ2) is 2.46. The molecule has 2 fully saturated rings. The SMILES string of the molecule is CC(C)N1CC2(CC2)OCC1=O. The van der Waals surface area contributed by atoms with Gasteiger partial charge in [-0.2, -0.15) is 0 Å². The fraction of sp³-hybridized carbons (Fsp3) is 0.889. The summed E-state index contributed by atoms with van der Waals surface area (Å²) in [5.74, 6) is 0.141. The zero-order valence-corrected chi connectivity index (χ0v) is 7.67. The molecule has 0 aromatic rings. The van der Waals surface area contributed by atoms with E-state index < -0.39 is 0 Å². The summed E-state index contributed by atoms with van der Waals surface area (Å²) in [7, 11) is 0. The van der Waals surface area contributed by atoms with Crippen molar-refractivity contribution < 1.29 is 9.53 Å². The van der Waals surface area contributed by atoms with Crippen LogP contribution in [0.2, 0.25) is 0 Å². The van der Waals surface area contributed by atoms with Crippen LogP contribution in [-0.2, 0) is 9.53 Å². The number of rotatable bonds is 1. The van der Waals surface area contributed by atoms with Crippen LogP contribution in [0.5, 0.6) is 0 Å². The number of amides is 1. The van der Waals surface area contributed by atoms with Crippen molar-refractivity contribution in [2.45, 2.75) is 38.3 Å². The van der Waals surface area contributed by atoms with Gasteiger partial charge < -0.3 is 9.64 Å². The molecule has 1 aliphatic heterocycles. The van der Waals surface area contributed by atoms with Crippen LogP contribution in [0.4, 0.5) is 0 Å². The van der Waals surface area contributed by atoms with E-state index in [2.05, 4.69) is 13.8 Å². The maximum absolute atomic E-state index is 11.4. The van der Waals surface area contributed by atoms with Crippen molar-refractivity contribution in [1.29, 1.82) is 0 Å². The molecule has 0 N–H and O–H groups in total. The maximum Gasteiger partial charge on any atom is 0.248 e. The third kappa shape index (κ3) is 1.22. The van der Waals surface area contributed by atoms with Gasteiger partial charge >= 0.3 is 0 Å². The number of carbonyl (C=O) groups excluding carboxylic acids is 1. The summed E-state index contributed by atoms with van der Waals surface area (Å²) in [6, 6.07) is 0.318. The Balaban J connectivity index is 2.05. The van der Waals surface area contributed by atoms with E-state index in [1.165, 1.54) is 0 Å². The van der Waals surface area contributed by atoms with Crippen LogP contribution in [0.15, 0.2) is 0 Å². The molecule has 2 rings (SSSR count). The average Bonchev–Trinajstić information content (AvgIpc) is 2.76. The first-order valence-electron chi connectivity index (χ1n) is 4.56. The van der Waals surface area contributed by atoms with Crippen LogP contribution in [0, 0.1) is 0 Å². The second-order valence-corrected chi connectivity index (χ2v) is 4.09. The van der Waals surface area contributed by atoms with Crippen molar-refractivity contribution in [3.8, 4) is 0 Å². The largest absolute Gasteiger partial charge is 0.363 e. The van der Waals surface area contributed by atoms with E-state index in [0.29, 0.717) is 6.04 Å². The van der Waals surface area contributed by atoms with Gasteiger partial charge in [-0.3, -0.25) is 4.79 Å². The average molecular weight is 169 g/mol. The summed E-state index contributed by atoms with van der Waals surface area (Å²) < 4.78 is 5.48. The first kappa shape index (κ1) is 8.05. The van der Waals surface area contributed by atoms with Gasteiger partial charge in [-0.15, -0.1) is 0 Å². The number of hydrogen-bond donors (Lipinski definition) is 0. The fourth-order valence-electron chi connectivity index (χ4n) is 1.65. The Bertz CT molecular complexity index is 209. The molecule has 0 atom stereocenters. The molecule has 0 unspecified atom stereocenters. The van der Waals surface area contributed by atoms with Crippen LogP contribution in [0.25, 0.3) is 0 Å². The van der Waals surface area contributed by atoms with Gasteiger partial charge in [-0.25, -0.2) is 0 Å². The number of hydrogen-bond acceptors (Lipinski definition) is 2. The number of ether oxygens (including phenoxy) is 1. The highest BCUT2D eigenvalue weighted by Crippen LogP contribution is 2.42. The predicted octanol–water partition coefficient (Wildman–Crippen LogP) is 0.786. The minimum Gasteiger partial charge on any atom is -0.363 e. The summed E-state index contributed by atoms with van der Waals surface area (Å²) in [5.41, 5.74) is 0.0676. The molecule has 0 aromatic carbocycles. The highest BCUT2D eigenvalue weighted by molar-refractivity contribution is 5.78. The Labute approximate surface area is 72.7 Å². The highest BCUT2D eigenvalue weighted by atomic mass is 16.5. The Morgan fingerprint density at radius 3 is 2.67 bits per heavy atom. The third-order valence-electron chi connectivity index (χ3n) is 2.71. The van der Waals surface area contributed by atoms with Gasteiger partial charge in [0.2, 0.25) is 5.91 Å². The smallest absolute Gasteiger partial charge is 0.248 e. The molecule has 12 heavy (non-hydrogen) atoms. The molecule has 0 aromatic heterocycles. The minimum absolute atomic E-state index is 0.0676. The first-order chi connectivity index (χ1) is 5.63. The van der Waals surface area contributed by atoms with Gasteiger partial charge in [0, 0.05) is 6.04 Å². The van der Waals surface area contributed by atoms with Crippen LogP contribution in [0.1, 0.15) is 26.7 Å². The molecule has 1 aliphatic carbocycles. The molecule has 68 valence electrons. The summed E-state index contributed by atoms with van der Waals surface area (Å²) in [6.07, 6.45) is 2.26. The van der Waals surface area contributed by atoms with Crippen molar-refractivity contribution in [3.05, 3.63) is 0 Å². The van der Waals surface area contributed by atoms with Gasteiger partial charge in [0.25, 0.3) is 0 Å². The van der Waals surface area contributed by atoms with E-state index in [0.717, 1.165) is 19.4 Å². The highest BCUT2D eigenvalue weighted by Gasteiger charge is 2.49. The lowest BCUT2D eigenvalue weighted by Crippen LogP contribution is -2.50. The van der Waals surface area contributed by atoms with Gasteiger partial charge in [0.1, 0.15) is 6.61 Å². The van der Waals surface area contributed by atoms with Crippen molar-refractivity contribution in [1.82, 2.24) is 4.90 Å². The van der Waals surface area contributed by atoms with Crippen LogP contribution >= 0.6 is 0 Å². The van der Waals surface area contributed by atoms with Crippen molar-refractivity contribution in [2.75, 3.05) is 13.2 Å². The van der Waals surface area contributed by atoms with Crippen LogP contribution in [-0.4, -0.2) is 35.6 Å². The van der Waals surface area contributed by atoms with Gasteiger partial charge in [-0.05, 0) is 26.7 Å². The van der Waals surface area contributed by atoms with Gasteiger partial charge in [0.05, 0.1) is 12.1 Å². The summed E-state index contributed by atoms with van der Waals surface area (Å²) in [5, 5.41) is 0. The van der Waals surface area contributed by atoms with Crippen LogP contribution in [0.3, 0.4) is 0 Å². The monoisotopic (exact) mass is 169 g/mol.